The molecule has 152 valence electrons. The van der Waals surface area contributed by atoms with Crippen LogP contribution in [0, 0.1) is 5.82 Å². The Morgan fingerprint density at radius 2 is 1.80 bits per heavy atom. The van der Waals surface area contributed by atoms with Crippen LogP contribution in [-0.2, 0) is 24.2 Å². The third kappa shape index (κ3) is 3.90. The van der Waals surface area contributed by atoms with Crippen LogP contribution in [0.1, 0.15) is 22.3 Å². The quantitative estimate of drug-likeness (QED) is 0.435. The smallest absolute Gasteiger partial charge is 0.307 e. The molecule has 5 nitrogen and oxygen atoms in total. The number of rotatable bonds is 6. The van der Waals surface area contributed by atoms with E-state index in [1.165, 1.54) is 12.1 Å². The molecule has 0 fully saturated rings. The molecule has 0 aliphatic carbocycles. The summed E-state index contributed by atoms with van der Waals surface area (Å²) in [5, 5.41) is 20.3. The number of aromatic hydroxyl groups is 1. The number of carboxylic acids is 1. The summed E-state index contributed by atoms with van der Waals surface area (Å²) in [5.74, 6) is -1.38. The first kappa shape index (κ1) is 19.7. The SMILES string of the molecule is NCc1cc(F)cc(-c2ccc3occ(Cc4cccc(CC(=O)O)c4O)c3c2)c1. The Kier molecular flexibility index (Phi) is 5.25. The highest BCUT2D eigenvalue weighted by atomic mass is 19.1. The van der Waals surface area contributed by atoms with Gasteiger partial charge in [0.2, 0.25) is 0 Å². The molecule has 0 spiro atoms. The molecule has 30 heavy (non-hydrogen) atoms. The van der Waals surface area contributed by atoms with Crippen LogP contribution in [0.15, 0.2) is 65.3 Å². The molecule has 1 heterocycles. The summed E-state index contributed by atoms with van der Waals surface area (Å²) in [4.78, 5) is 11.0. The van der Waals surface area contributed by atoms with Crippen molar-refractivity contribution in [2.75, 3.05) is 0 Å². The van der Waals surface area contributed by atoms with Gasteiger partial charge in [-0.2, -0.15) is 0 Å². The number of hydrogen-bond acceptors (Lipinski definition) is 4. The van der Waals surface area contributed by atoms with Gasteiger partial charge in [-0.15, -0.1) is 0 Å². The normalized spacial score (nSPS) is 11.1. The average Bonchev–Trinajstić information content (AvgIpc) is 3.12. The Morgan fingerprint density at radius 3 is 2.57 bits per heavy atom. The predicted octanol–water partition coefficient (Wildman–Crippen LogP) is 4.62. The average molecular weight is 405 g/mol. The van der Waals surface area contributed by atoms with Crippen molar-refractivity contribution in [3.05, 3.63) is 88.9 Å². The van der Waals surface area contributed by atoms with Gasteiger partial charge in [-0.25, -0.2) is 4.39 Å². The Hall–Kier alpha value is -3.64. The van der Waals surface area contributed by atoms with Crippen LogP contribution >= 0.6 is 0 Å². The van der Waals surface area contributed by atoms with Crippen molar-refractivity contribution in [2.24, 2.45) is 5.73 Å². The highest BCUT2D eigenvalue weighted by molar-refractivity contribution is 5.87. The van der Waals surface area contributed by atoms with Gasteiger partial charge in [0.1, 0.15) is 17.1 Å². The van der Waals surface area contributed by atoms with Crippen molar-refractivity contribution in [3.8, 4) is 16.9 Å². The number of furan rings is 1. The number of nitrogens with two attached hydrogens (primary N) is 1. The predicted molar refractivity (Wildman–Crippen MR) is 112 cm³/mol. The van der Waals surface area contributed by atoms with Gasteiger partial charge >= 0.3 is 5.97 Å². The number of phenols is 1. The lowest BCUT2D eigenvalue weighted by molar-refractivity contribution is -0.136. The lowest BCUT2D eigenvalue weighted by Gasteiger charge is -2.09. The molecule has 0 amide bonds. The van der Waals surface area contributed by atoms with Crippen LogP contribution in [0.4, 0.5) is 4.39 Å². The van der Waals surface area contributed by atoms with Crippen molar-refractivity contribution in [3.63, 3.8) is 0 Å². The number of carboxylic acid groups (broad SMARTS) is 1. The zero-order valence-electron chi connectivity index (χ0n) is 16.1. The van der Waals surface area contributed by atoms with E-state index in [0.717, 1.165) is 22.1 Å². The van der Waals surface area contributed by atoms with Crippen molar-refractivity contribution < 1.29 is 23.8 Å². The third-order valence-corrected chi connectivity index (χ3v) is 5.11. The van der Waals surface area contributed by atoms with Gasteiger partial charge in [-0.05, 0) is 52.6 Å². The number of fused-ring (bicyclic) bond motifs is 1. The summed E-state index contributed by atoms with van der Waals surface area (Å²) in [6.45, 7) is 0.246. The van der Waals surface area contributed by atoms with Crippen LogP contribution in [0.25, 0.3) is 22.1 Å². The molecular formula is C24H20FNO4. The van der Waals surface area contributed by atoms with Gasteiger partial charge in [-0.3, -0.25) is 4.79 Å². The molecule has 4 N–H and O–H groups in total. The first-order valence-corrected chi connectivity index (χ1v) is 9.46. The first-order chi connectivity index (χ1) is 14.4. The summed E-state index contributed by atoms with van der Waals surface area (Å²) >= 11 is 0. The van der Waals surface area contributed by atoms with Crippen LogP contribution in [-0.4, -0.2) is 16.2 Å². The number of halogens is 1. The molecule has 1 aromatic heterocycles. The molecule has 0 bridgehead atoms. The second kappa shape index (κ2) is 8.00. The number of benzene rings is 3. The molecule has 0 aliphatic heterocycles. The zero-order valence-corrected chi connectivity index (χ0v) is 16.1. The van der Waals surface area contributed by atoms with E-state index in [9.17, 15) is 14.3 Å². The number of phenolic OH excluding ortho intramolecular Hbond substituents is 1. The summed E-state index contributed by atoms with van der Waals surface area (Å²) in [5.41, 5.74) is 10.4. The summed E-state index contributed by atoms with van der Waals surface area (Å²) in [7, 11) is 0. The van der Waals surface area contributed by atoms with Crippen LogP contribution in [0.3, 0.4) is 0 Å². The fraction of sp³-hybridized carbons (Fsp3) is 0.125. The summed E-state index contributed by atoms with van der Waals surface area (Å²) in [6.07, 6.45) is 1.74. The molecule has 0 unspecified atom stereocenters. The monoisotopic (exact) mass is 405 g/mol. The molecule has 0 radical (unpaired) electrons. The number of carbonyl (C=O) groups is 1. The lowest BCUT2D eigenvalue weighted by atomic mass is 9.97. The van der Waals surface area contributed by atoms with Crippen molar-refractivity contribution in [1.82, 2.24) is 0 Å². The Bertz CT molecular complexity index is 1250. The van der Waals surface area contributed by atoms with Gasteiger partial charge in [0.15, 0.2) is 0 Å². The topological polar surface area (TPSA) is 96.7 Å². The molecule has 0 atom stereocenters. The van der Waals surface area contributed by atoms with Gasteiger partial charge in [0.05, 0.1) is 12.7 Å². The van der Waals surface area contributed by atoms with E-state index in [4.69, 9.17) is 15.3 Å². The fourth-order valence-corrected chi connectivity index (χ4v) is 3.63. The number of hydrogen-bond donors (Lipinski definition) is 3. The van der Waals surface area contributed by atoms with E-state index in [1.807, 2.05) is 24.3 Å². The van der Waals surface area contributed by atoms with E-state index in [1.54, 1.807) is 24.5 Å². The van der Waals surface area contributed by atoms with E-state index in [0.29, 0.717) is 28.7 Å². The minimum absolute atomic E-state index is 0.0249. The Labute approximate surface area is 172 Å². The summed E-state index contributed by atoms with van der Waals surface area (Å²) < 4.78 is 19.6. The fourth-order valence-electron chi connectivity index (χ4n) is 3.63. The second-order valence-electron chi connectivity index (χ2n) is 7.20. The van der Waals surface area contributed by atoms with Crippen molar-refractivity contribution in [2.45, 2.75) is 19.4 Å². The third-order valence-electron chi connectivity index (χ3n) is 5.11. The molecule has 6 heteroatoms. The van der Waals surface area contributed by atoms with E-state index in [2.05, 4.69) is 0 Å². The molecule has 4 aromatic rings. The molecule has 0 saturated heterocycles. The van der Waals surface area contributed by atoms with Crippen molar-refractivity contribution >= 4 is 16.9 Å². The molecule has 0 aliphatic rings. The molecule has 0 saturated carbocycles. The maximum atomic E-state index is 14.0. The van der Waals surface area contributed by atoms with E-state index < -0.39 is 5.97 Å². The Morgan fingerprint density at radius 1 is 1.00 bits per heavy atom. The molecule has 4 rings (SSSR count). The highest BCUT2D eigenvalue weighted by Gasteiger charge is 2.14. The highest BCUT2D eigenvalue weighted by Crippen LogP contribution is 2.32. The van der Waals surface area contributed by atoms with E-state index in [-0.39, 0.29) is 24.5 Å². The minimum Gasteiger partial charge on any atom is -0.507 e. The van der Waals surface area contributed by atoms with Crippen LogP contribution in [0.2, 0.25) is 0 Å². The second-order valence-corrected chi connectivity index (χ2v) is 7.20. The van der Waals surface area contributed by atoms with Crippen LogP contribution < -0.4 is 5.73 Å². The Balaban J connectivity index is 1.73. The summed E-state index contributed by atoms with van der Waals surface area (Å²) in [6, 6.07) is 15.4. The maximum absolute atomic E-state index is 14.0. The van der Waals surface area contributed by atoms with Gasteiger partial charge in [0, 0.05) is 29.5 Å². The minimum atomic E-state index is -1.01. The number of aliphatic carboxylic acids is 1. The molecule has 3 aromatic carbocycles. The maximum Gasteiger partial charge on any atom is 0.307 e. The van der Waals surface area contributed by atoms with Crippen LogP contribution in [0.5, 0.6) is 5.75 Å². The van der Waals surface area contributed by atoms with Gasteiger partial charge in [0.25, 0.3) is 0 Å². The molecular weight excluding hydrogens is 385 g/mol. The zero-order chi connectivity index (χ0) is 21.3. The van der Waals surface area contributed by atoms with E-state index >= 15 is 0 Å². The van der Waals surface area contributed by atoms with Gasteiger partial charge in [-0.1, -0.05) is 24.3 Å². The van der Waals surface area contributed by atoms with Crippen molar-refractivity contribution in [1.29, 1.82) is 0 Å². The first-order valence-electron chi connectivity index (χ1n) is 9.46. The largest absolute Gasteiger partial charge is 0.507 e. The lowest BCUT2D eigenvalue weighted by Crippen LogP contribution is -2.01. The standard InChI is InChI=1S/C24H20FNO4/c25-20-7-14(12-26)6-18(9-20)15-4-5-22-21(10-15)19(13-30-22)8-16-2-1-3-17(24(16)29)11-23(27)28/h1-7,9-10,13,29H,8,11-12,26H2,(H,27,28). The number of para-hydroxylation sites is 1. The van der Waals surface area contributed by atoms with Gasteiger partial charge < -0.3 is 20.4 Å².